The highest BCUT2D eigenvalue weighted by molar-refractivity contribution is 5.89. The van der Waals surface area contributed by atoms with E-state index in [2.05, 4.69) is 57.7 Å². The number of rotatable bonds is 3. The van der Waals surface area contributed by atoms with E-state index in [1.807, 2.05) is 7.05 Å². The zero-order chi connectivity index (χ0) is 15.0. The third-order valence-electron chi connectivity index (χ3n) is 3.45. The molecule has 6 heteroatoms. The van der Waals surface area contributed by atoms with Crippen molar-refractivity contribution >= 4 is 28.5 Å². The van der Waals surface area contributed by atoms with Crippen molar-refractivity contribution in [2.75, 3.05) is 17.7 Å². The van der Waals surface area contributed by atoms with Gasteiger partial charge in [0.05, 0.1) is 11.6 Å². The smallest absolute Gasteiger partial charge is 0.226 e. The third-order valence-corrected chi connectivity index (χ3v) is 3.45. The standard InChI is InChI=1S/C15H18N6/c1-9-5-6-12(10(2)7-9)18-13-11-8-17-21(4)14(11)20-15(16-3)19-13/h5-8H,1-4H3,(H2,16,18,19,20). The maximum absolute atomic E-state index is 4.50. The van der Waals surface area contributed by atoms with Crippen molar-refractivity contribution in [3.63, 3.8) is 0 Å². The van der Waals surface area contributed by atoms with Gasteiger partial charge in [-0.05, 0) is 25.5 Å². The van der Waals surface area contributed by atoms with Gasteiger partial charge in [-0.2, -0.15) is 15.1 Å². The minimum Gasteiger partial charge on any atom is -0.357 e. The minimum atomic E-state index is 0.568. The Bertz CT molecular complexity index is 805. The Morgan fingerprint density at radius 1 is 1.14 bits per heavy atom. The molecule has 21 heavy (non-hydrogen) atoms. The molecule has 6 nitrogen and oxygen atoms in total. The minimum absolute atomic E-state index is 0.568. The molecule has 0 aliphatic carbocycles. The van der Waals surface area contributed by atoms with Crippen molar-refractivity contribution in [3.05, 3.63) is 35.5 Å². The molecule has 0 unspecified atom stereocenters. The van der Waals surface area contributed by atoms with Gasteiger partial charge in [0.15, 0.2) is 5.65 Å². The highest BCUT2D eigenvalue weighted by Crippen LogP contribution is 2.26. The number of hydrogen-bond acceptors (Lipinski definition) is 5. The summed E-state index contributed by atoms with van der Waals surface area (Å²) in [5.41, 5.74) is 4.24. The molecule has 0 bridgehead atoms. The molecular formula is C15H18N6. The zero-order valence-corrected chi connectivity index (χ0v) is 12.6. The first kappa shape index (κ1) is 13.4. The van der Waals surface area contributed by atoms with Crippen molar-refractivity contribution in [3.8, 4) is 0 Å². The number of hydrogen-bond donors (Lipinski definition) is 2. The fraction of sp³-hybridized carbons (Fsp3) is 0.267. The van der Waals surface area contributed by atoms with Crippen molar-refractivity contribution < 1.29 is 0 Å². The van der Waals surface area contributed by atoms with Crippen LogP contribution in [0, 0.1) is 13.8 Å². The van der Waals surface area contributed by atoms with Gasteiger partial charge in [-0.3, -0.25) is 4.68 Å². The lowest BCUT2D eigenvalue weighted by Gasteiger charge is -2.11. The summed E-state index contributed by atoms with van der Waals surface area (Å²) in [5.74, 6) is 1.32. The van der Waals surface area contributed by atoms with Gasteiger partial charge in [0.1, 0.15) is 5.82 Å². The van der Waals surface area contributed by atoms with Crippen LogP contribution in [0.5, 0.6) is 0 Å². The molecule has 0 saturated heterocycles. The summed E-state index contributed by atoms with van der Waals surface area (Å²) < 4.78 is 1.74. The van der Waals surface area contributed by atoms with Gasteiger partial charge in [-0.25, -0.2) is 0 Å². The van der Waals surface area contributed by atoms with Crippen LogP contribution < -0.4 is 10.6 Å². The number of aromatic nitrogens is 4. The van der Waals surface area contributed by atoms with Gasteiger partial charge < -0.3 is 10.6 Å². The Balaban J connectivity index is 2.11. The highest BCUT2D eigenvalue weighted by Gasteiger charge is 2.12. The van der Waals surface area contributed by atoms with Gasteiger partial charge in [-0.15, -0.1) is 0 Å². The van der Waals surface area contributed by atoms with Crippen LogP contribution >= 0.6 is 0 Å². The van der Waals surface area contributed by atoms with Crippen LogP contribution in [-0.2, 0) is 7.05 Å². The van der Waals surface area contributed by atoms with Crippen molar-refractivity contribution in [1.82, 2.24) is 19.7 Å². The van der Waals surface area contributed by atoms with Crippen molar-refractivity contribution in [2.24, 2.45) is 7.05 Å². The molecule has 0 atom stereocenters. The van der Waals surface area contributed by atoms with Gasteiger partial charge in [-0.1, -0.05) is 17.7 Å². The van der Waals surface area contributed by atoms with E-state index in [1.165, 1.54) is 11.1 Å². The van der Waals surface area contributed by atoms with E-state index < -0.39 is 0 Å². The molecule has 0 spiro atoms. The summed E-state index contributed by atoms with van der Waals surface area (Å²) in [6.45, 7) is 4.16. The third kappa shape index (κ3) is 2.40. The molecule has 0 aliphatic rings. The Labute approximate surface area is 123 Å². The Hall–Kier alpha value is -2.63. The maximum atomic E-state index is 4.50. The van der Waals surface area contributed by atoms with E-state index in [9.17, 15) is 0 Å². The second kappa shape index (κ2) is 5.05. The number of anilines is 3. The maximum Gasteiger partial charge on any atom is 0.226 e. The lowest BCUT2D eigenvalue weighted by Crippen LogP contribution is -2.03. The van der Waals surface area contributed by atoms with E-state index in [0.29, 0.717) is 5.95 Å². The van der Waals surface area contributed by atoms with E-state index >= 15 is 0 Å². The topological polar surface area (TPSA) is 67.7 Å². The molecule has 0 fully saturated rings. The van der Waals surface area contributed by atoms with Crippen LogP contribution in [0.1, 0.15) is 11.1 Å². The van der Waals surface area contributed by atoms with Crippen molar-refractivity contribution in [1.29, 1.82) is 0 Å². The predicted molar refractivity (Wildman–Crippen MR) is 85.0 cm³/mol. The molecule has 2 aromatic heterocycles. The van der Waals surface area contributed by atoms with E-state index in [-0.39, 0.29) is 0 Å². The summed E-state index contributed by atoms with van der Waals surface area (Å²) in [4.78, 5) is 8.94. The number of nitrogens with one attached hydrogen (secondary N) is 2. The first-order chi connectivity index (χ1) is 10.1. The van der Waals surface area contributed by atoms with Crippen LogP contribution in [0.25, 0.3) is 11.0 Å². The summed E-state index contributed by atoms with van der Waals surface area (Å²) >= 11 is 0. The molecule has 2 heterocycles. The van der Waals surface area contributed by atoms with Gasteiger partial charge in [0.2, 0.25) is 5.95 Å². The predicted octanol–water partition coefficient (Wildman–Crippen LogP) is 2.77. The lowest BCUT2D eigenvalue weighted by atomic mass is 10.1. The highest BCUT2D eigenvalue weighted by atomic mass is 15.3. The van der Waals surface area contributed by atoms with Gasteiger partial charge in [0.25, 0.3) is 0 Å². The SMILES string of the molecule is CNc1nc(Nc2ccc(C)cc2C)c2cnn(C)c2n1. The average molecular weight is 282 g/mol. The van der Waals surface area contributed by atoms with Crippen LogP contribution in [0.2, 0.25) is 0 Å². The summed E-state index contributed by atoms with van der Waals surface area (Å²) in [6, 6.07) is 6.28. The Morgan fingerprint density at radius 2 is 1.95 bits per heavy atom. The molecule has 1 aromatic carbocycles. The van der Waals surface area contributed by atoms with E-state index in [0.717, 1.165) is 22.5 Å². The van der Waals surface area contributed by atoms with Crippen LogP contribution in [0.15, 0.2) is 24.4 Å². The molecule has 0 aliphatic heterocycles. The molecule has 0 saturated carbocycles. The molecule has 0 amide bonds. The van der Waals surface area contributed by atoms with Crippen LogP contribution in [0.3, 0.4) is 0 Å². The second-order valence-electron chi connectivity index (χ2n) is 5.09. The van der Waals surface area contributed by atoms with Gasteiger partial charge >= 0.3 is 0 Å². The fourth-order valence-electron chi connectivity index (χ4n) is 2.31. The number of fused-ring (bicyclic) bond motifs is 1. The second-order valence-corrected chi connectivity index (χ2v) is 5.09. The normalized spacial score (nSPS) is 10.9. The largest absolute Gasteiger partial charge is 0.357 e. The van der Waals surface area contributed by atoms with E-state index in [1.54, 1.807) is 17.9 Å². The number of nitrogens with zero attached hydrogens (tertiary/aromatic N) is 4. The zero-order valence-electron chi connectivity index (χ0n) is 12.6. The summed E-state index contributed by atoms with van der Waals surface area (Å²) in [5, 5.41) is 11.5. The van der Waals surface area contributed by atoms with E-state index in [4.69, 9.17) is 0 Å². The molecule has 3 rings (SSSR count). The molecule has 2 N–H and O–H groups in total. The molecule has 108 valence electrons. The lowest BCUT2D eigenvalue weighted by molar-refractivity contribution is 0.786. The van der Waals surface area contributed by atoms with Crippen LogP contribution in [-0.4, -0.2) is 26.8 Å². The molecular weight excluding hydrogens is 264 g/mol. The molecule has 3 aromatic rings. The summed E-state index contributed by atoms with van der Waals surface area (Å²) in [6.07, 6.45) is 1.78. The fourth-order valence-corrected chi connectivity index (χ4v) is 2.31. The average Bonchev–Trinajstić information content (AvgIpc) is 2.83. The quantitative estimate of drug-likeness (QED) is 0.773. The summed E-state index contributed by atoms with van der Waals surface area (Å²) in [7, 11) is 3.67. The Kier molecular flexibility index (Phi) is 3.21. The van der Waals surface area contributed by atoms with Crippen LogP contribution in [0.4, 0.5) is 17.5 Å². The number of aryl methyl sites for hydroxylation is 3. The molecule has 0 radical (unpaired) electrons. The first-order valence-corrected chi connectivity index (χ1v) is 6.80. The Morgan fingerprint density at radius 3 is 2.67 bits per heavy atom. The first-order valence-electron chi connectivity index (χ1n) is 6.80. The van der Waals surface area contributed by atoms with Gasteiger partial charge in [0, 0.05) is 19.8 Å². The monoisotopic (exact) mass is 282 g/mol. The van der Waals surface area contributed by atoms with Crippen molar-refractivity contribution in [2.45, 2.75) is 13.8 Å². The number of benzene rings is 1.